The molecule has 0 saturated heterocycles. The molecule has 4 nitrogen and oxygen atoms in total. The van der Waals surface area contributed by atoms with Gasteiger partial charge < -0.3 is 10.3 Å². The fraction of sp³-hybridized carbons (Fsp3) is 0.333. The Morgan fingerprint density at radius 3 is 2.48 bits per heavy atom. The second-order valence-electron chi connectivity index (χ2n) is 4.46. The first kappa shape index (κ1) is 16.1. The van der Waals surface area contributed by atoms with Gasteiger partial charge in [0.2, 0.25) is 0 Å². The molecule has 1 aromatic heterocycles. The zero-order valence-corrected chi connectivity index (χ0v) is 12.4. The molecule has 0 aliphatic carbocycles. The number of alkyl halides is 3. The van der Waals surface area contributed by atoms with Gasteiger partial charge in [0.1, 0.15) is 0 Å². The molecule has 0 aliphatic rings. The van der Waals surface area contributed by atoms with Crippen LogP contribution in [0.15, 0.2) is 33.7 Å². The van der Waals surface area contributed by atoms with E-state index in [0.717, 1.165) is 11.8 Å². The van der Waals surface area contributed by atoms with Crippen molar-refractivity contribution in [1.82, 2.24) is 10.1 Å². The van der Waals surface area contributed by atoms with Gasteiger partial charge in [-0.15, -0.1) is 11.8 Å². The summed E-state index contributed by atoms with van der Waals surface area (Å²) >= 11 is 7.10. The predicted octanol–water partition coefficient (Wildman–Crippen LogP) is 3.75. The van der Waals surface area contributed by atoms with Crippen molar-refractivity contribution in [1.29, 1.82) is 0 Å². The Balaban J connectivity index is 2.05. The second-order valence-corrected chi connectivity index (χ2v) is 5.94. The smallest absolute Gasteiger partial charge is 0.337 e. The predicted molar refractivity (Wildman–Crippen MR) is 72.9 cm³/mol. The van der Waals surface area contributed by atoms with Crippen LogP contribution in [0.1, 0.15) is 18.6 Å². The lowest BCUT2D eigenvalue weighted by Gasteiger charge is -2.22. The van der Waals surface area contributed by atoms with Crippen LogP contribution in [-0.4, -0.2) is 16.3 Å². The van der Waals surface area contributed by atoms with Gasteiger partial charge in [-0.2, -0.15) is 18.2 Å². The van der Waals surface area contributed by atoms with Gasteiger partial charge in [-0.3, -0.25) is 0 Å². The summed E-state index contributed by atoms with van der Waals surface area (Å²) in [7, 11) is 0. The maximum Gasteiger partial charge on any atom is 0.415 e. The molecule has 114 valence electrons. The van der Waals surface area contributed by atoms with Crippen molar-refractivity contribution in [3.63, 3.8) is 0 Å². The number of hydrogen-bond donors (Lipinski definition) is 1. The fourth-order valence-corrected chi connectivity index (χ4v) is 2.19. The third-order valence-electron chi connectivity index (χ3n) is 2.68. The Hall–Kier alpha value is -1.25. The maximum absolute atomic E-state index is 12.7. The van der Waals surface area contributed by atoms with E-state index in [0.29, 0.717) is 5.02 Å². The van der Waals surface area contributed by atoms with E-state index >= 15 is 0 Å². The first-order valence-corrected chi connectivity index (χ1v) is 7.13. The van der Waals surface area contributed by atoms with E-state index in [-0.39, 0.29) is 11.6 Å². The molecule has 0 radical (unpaired) electrons. The highest BCUT2D eigenvalue weighted by atomic mass is 35.5. The monoisotopic (exact) mass is 337 g/mol. The van der Waals surface area contributed by atoms with Gasteiger partial charge >= 0.3 is 6.18 Å². The lowest BCUT2D eigenvalue weighted by atomic mass is 10.0. The van der Waals surface area contributed by atoms with Crippen LogP contribution in [0.3, 0.4) is 0 Å². The maximum atomic E-state index is 12.7. The number of rotatable bonds is 4. The molecule has 0 fully saturated rings. The minimum atomic E-state index is -4.67. The van der Waals surface area contributed by atoms with Crippen molar-refractivity contribution in [3.8, 4) is 0 Å². The van der Waals surface area contributed by atoms with E-state index < -0.39 is 17.6 Å². The summed E-state index contributed by atoms with van der Waals surface area (Å²) in [5, 5.41) is 4.12. The fourth-order valence-electron chi connectivity index (χ4n) is 1.32. The Morgan fingerprint density at radius 2 is 1.90 bits per heavy atom. The molecular formula is C12H11ClF3N3OS. The van der Waals surface area contributed by atoms with Gasteiger partial charge in [0.15, 0.2) is 11.4 Å². The Morgan fingerprint density at radius 1 is 1.29 bits per heavy atom. The summed E-state index contributed by atoms with van der Waals surface area (Å²) < 4.78 is 42.9. The molecule has 1 atom stereocenters. The molecule has 2 N–H and O–H groups in total. The first-order valence-electron chi connectivity index (χ1n) is 5.77. The lowest BCUT2D eigenvalue weighted by Crippen LogP contribution is -2.48. The zero-order valence-electron chi connectivity index (χ0n) is 10.8. The number of benzene rings is 1. The first-order chi connectivity index (χ1) is 9.70. The van der Waals surface area contributed by atoms with Crippen LogP contribution in [0.5, 0.6) is 0 Å². The molecule has 9 heteroatoms. The van der Waals surface area contributed by atoms with Gasteiger partial charge in [0.05, 0.1) is 5.75 Å². The van der Waals surface area contributed by atoms with Gasteiger partial charge in [-0.1, -0.05) is 16.8 Å². The molecule has 0 saturated carbocycles. The number of hydrogen-bond acceptors (Lipinski definition) is 5. The molecule has 0 bridgehead atoms. The summed E-state index contributed by atoms with van der Waals surface area (Å²) in [6.45, 7) is 0.788. The van der Waals surface area contributed by atoms with Crippen LogP contribution in [0.25, 0.3) is 0 Å². The molecule has 0 aliphatic heterocycles. The molecule has 0 amide bonds. The van der Waals surface area contributed by atoms with E-state index in [9.17, 15) is 13.2 Å². The van der Waals surface area contributed by atoms with Crippen LogP contribution < -0.4 is 5.73 Å². The van der Waals surface area contributed by atoms with E-state index in [4.69, 9.17) is 17.3 Å². The van der Waals surface area contributed by atoms with Crippen LogP contribution in [0.2, 0.25) is 5.02 Å². The number of aromatic nitrogens is 2. The zero-order chi connectivity index (χ0) is 15.7. The molecule has 1 heterocycles. The van der Waals surface area contributed by atoms with Gasteiger partial charge in [-0.05, 0) is 31.2 Å². The Kier molecular flexibility index (Phi) is 4.50. The lowest BCUT2D eigenvalue weighted by molar-refractivity contribution is -0.190. The minimum Gasteiger partial charge on any atom is -0.337 e. The van der Waals surface area contributed by atoms with Gasteiger partial charge in [0, 0.05) is 9.92 Å². The van der Waals surface area contributed by atoms with E-state index in [1.807, 2.05) is 0 Å². The molecule has 2 rings (SSSR count). The van der Waals surface area contributed by atoms with Crippen molar-refractivity contribution in [2.45, 2.75) is 29.3 Å². The largest absolute Gasteiger partial charge is 0.415 e. The Bertz CT molecular complexity index is 613. The summed E-state index contributed by atoms with van der Waals surface area (Å²) in [6.07, 6.45) is -4.67. The topological polar surface area (TPSA) is 64.9 Å². The summed E-state index contributed by atoms with van der Waals surface area (Å²) in [4.78, 5) is 4.60. The van der Waals surface area contributed by atoms with Gasteiger partial charge in [0.25, 0.3) is 5.89 Å². The molecule has 1 aromatic carbocycles. The van der Waals surface area contributed by atoms with E-state index in [1.54, 1.807) is 24.3 Å². The molecule has 1 unspecified atom stereocenters. The van der Waals surface area contributed by atoms with Gasteiger partial charge in [-0.25, -0.2) is 0 Å². The normalized spacial score (nSPS) is 15.0. The van der Waals surface area contributed by atoms with Crippen LogP contribution in [0, 0.1) is 0 Å². The van der Waals surface area contributed by atoms with Crippen molar-refractivity contribution in [3.05, 3.63) is 41.0 Å². The number of halogens is 4. The number of thioether (sulfide) groups is 1. The summed E-state index contributed by atoms with van der Waals surface area (Å²) in [6, 6.07) is 7.01. The van der Waals surface area contributed by atoms with Crippen molar-refractivity contribution < 1.29 is 17.7 Å². The van der Waals surface area contributed by atoms with Crippen LogP contribution in [-0.2, 0) is 11.3 Å². The SMILES string of the molecule is CC(N)(c1nc(CSc2ccc(Cl)cc2)no1)C(F)(F)F. The van der Waals surface area contributed by atoms with E-state index in [2.05, 4.69) is 14.7 Å². The minimum absolute atomic E-state index is 0.144. The third kappa shape index (κ3) is 3.69. The van der Waals surface area contributed by atoms with Crippen molar-refractivity contribution in [2.24, 2.45) is 5.73 Å². The summed E-state index contributed by atoms with van der Waals surface area (Å²) in [5.74, 6) is -0.244. The third-order valence-corrected chi connectivity index (χ3v) is 3.94. The number of nitrogens with zero attached hydrogens (tertiary/aromatic N) is 2. The van der Waals surface area contributed by atoms with Crippen molar-refractivity contribution >= 4 is 23.4 Å². The molecular weight excluding hydrogens is 327 g/mol. The van der Waals surface area contributed by atoms with E-state index in [1.165, 1.54) is 11.8 Å². The average Bonchev–Trinajstić information content (AvgIpc) is 2.86. The highest BCUT2D eigenvalue weighted by molar-refractivity contribution is 7.98. The Labute approximate surface area is 127 Å². The van der Waals surface area contributed by atoms with Crippen LogP contribution >= 0.6 is 23.4 Å². The molecule has 2 aromatic rings. The quantitative estimate of drug-likeness (QED) is 0.861. The average molecular weight is 338 g/mol. The molecule has 0 spiro atoms. The number of nitrogens with two attached hydrogens (primary N) is 1. The summed E-state index contributed by atoms with van der Waals surface area (Å²) in [5.41, 5.74) is 2.55. The highest BCUT2D eigenvalue weighted by Crippen LogP contribution is 2.35. The standard InChI is InChI=1S/C12H11ClF3N3OS/c1-11(17,12(14,15)16)10-18-9(19-20-10)6-21-8-4-2-7(13)3-5-8/h2-5H,6,17H2,1H3. The molecule has 21 heavy (non-hydrogen) atoms. The second kappa shape index (κ2) is 5.86. The van der Waals surface area contributed by atoms with Crippen LogP contribution in [0.4, 0.5) is 13.2 Å². The van der Waals surface area contributed by atoms with Crippen molar-refractivity contribution in [2.75, 3.05) is 0 Å². The highest BCUT2D eigenvalue weighted by Gasteiger charge is 2.53.